The van der Waals surface area contributed by atoms with Crippen molar-refractivity contribution in [2.45, 2.75) is 13.0 Å². The first-order valence-electron chi connectivity index (χ1n) is 7.07. The van der Waals surface area contributed by atoms with E-state index < -0.39 is 0 Å². The number of fused-ring (bicyclic) bond motifs is 1. The van der Waals surface area contributed by atoms with E-state index in [1.165, 1.54) is 0 Å². The van der Waals surface area contributed by atoms with Crippen LogP contribution in [0.3, 0.4) is 0 Å². The Hall–Kier alpha value is -1.95. The number of carbonyl (C=O) groups excluding carboxylic acids is 1. The molecule has 3 rings (SSSR count). The van der Waals surface area contributed by atoms with Crippen LogP contribution in [-0.4, -0.2) is 56.9 Å². The molecule has 0 saturated carbocycles. The largest absolute Gasteiger partial charge is 0.493 e. The molecule has 0 aliphatic carbocycles. The Labute approximate surface area is 123 Å². The summed E-state index contributed by atoms with van der Waals surface area (Å²) >= 11 is 0. The lowest BCUT2D eigenvalue weighted by Gasteiger charge is -2.31. The van der Waals surface area contributed by atoms with E-state index in [0.717, 1.165) is 0 Å². The van der Waals surface area contributed by atoms with E-state index in [1.807, 2.05) is 6.92 Å². The second-order valence-electron chi connectivity index (χ2n) is 5.14. The van der Waals surface area contributed by atoms with Gasteiger partial charge in [0.1, 0.15) is 13.2 Å². The number of nitrogens with zero attached hydrogens (tertiary/aromatic N) is 1. The molecule has 2 aliphatic rings. The molecular formula is C15H19NO5. The number of ether oxygens (including phenoxy) is 4. The number of rotatable bonds is 2. The van der Waals surface area contributed by atoms with Gasteiger partial charge in [0.2, 0.25) is 5.75 Å². The van der Waals surface area contributed by atoms with Crippen molar-refractivity contribution >= 4 is 5.91 Å². The quantitative estimate of drug-likeness (QED) is 0.823. The maximum absolute atomic E-state index is 12.6. The van der Waals surface area contributed by atoms with Crippen molar-refractivity contribution in [2.24, 2.45) is 0 Å². The van der Waals surface area contributed by atoms with Crippen molar-refractivity contribution in [3.8, 4) is 17.2 Å². The molecule has 1 aromatic carbocycles. The van der Waals surface area contributed by atoms with Crippen LogP contribution in [0.25, 0.3) is 0 Å². The van der Waals surface area contributed by atoms with Crippen molar-refractivity contribution in [1.29, 1.82) is 0 Å². The number of amides is 1. The molecule has 1 unspecified atom stereocenters. The Morgan fingerprint density at radius 1 is 1.29 bits per heavy atom. The number of benzene rings is 1. The number of hydrogen-bond acceptors (Lipinski definition) is 5. The summed E-state index contributed by atoms with van der Waals surface area (Å²) in [6, 6.07) is 3.43. The van der Waals surface area contributed by atoms with Gasteiger partial charge in [0.25, 0.3) is 5.91 Å². The smallest absolute Gasteiger partial charge is 0.254 e. The Balaban J connectivity index is 1.89. The monoisotopic (exact) mass is 293 g/mol. The van der Waals surface area contributed by atoms with Gasteiger partial charge in [-0.2, -0.15) is 0 Å². The summed E-state index contributed by atoms with van der Waals surface area (Å²) in [7, 11) is 1.55. The van der Waals surface area contributed by atoms with Gasteiger partial charge in [-0.1, -0.05) is 0 Å². The minimum absolute atomic E-state index is 0.0413. The molecule has 1 aromatic rings. The van der Waals surface area contributed by atoms with Crippen molar-refractivity contribution < 1.29 is 23.7 Å². The molecule has 0 radical (unpaired) electrons. The van der Waals surface area contributed by atoms with Gasteiger partial charge in [-0.25, -0.2) is 0 Å². The number of morpholine rings is 1. The predicted octanol–water partition coefficient (Wildman–Crippen LogP) is 1.33. The standard InChI is InChI=1S/C15H19NO5/c1-10-9-16(3-4-19-10)15(17)11-7-12(18-2)14-13(8-11)20-5-6-21-14/h7-8,10H,3-6,9H2,1-2H3. The van der Waals surface area contributed by atoms with Gasteiger partial charge in [0.05, 0.1) is 19.8 Å². The Morgan fingerprint density at radius 2 is 2.10 bits per heavy atom. The Kier molecular flexibility index (Phi) is 3.88. The molecule has 1 atom stereocenters. The molecule has 6 heteroatoms. The average molecular weight is 293 g/mol. The molecule has 21 heavy (non-hydrogen) atoms. The maximum atomic E-state index is 12.6. The number of hydrogen-bond donors (Lipinski definition) is 0. The molecule has 2 heterocycles. The SMILES string of the molecule is COc1cc(C(=O)N2CCOC(C)C2)cc2c1OCCO2. The van der Waals surface area contributed by atoms with Crippen molar-refractivity contribution in [3.05, 3.63) is 17.7 Å². The van der Waals surface area contributed by atoms with Gasteiger partial charge >= 0.3 is 0 Å². The molecule has 1 fully saturated rings. The Morgan fingerprint density at radius 3 is 2.86 bits per heavy atom. The summed E-state index contributed by atoms with van der Waals surface area (Å²) in [5.41, 5.74) is 0.546. The highest BCUT2D eigenvalue weighted by molar-refractivity contribution is 5.95. The molecule has 1 saturated heterocycles. The van der Waals surface area contributed by atoms with E-state index >= 15 is 0 Å². The lowest BCUT2D eigenvalue weighted by Crippen LogP contribution is -2.44. The van der Waals surface area contributed by atoms with Crippen LogP contribution < -0.4 is 14.2 Å². The lowest BCUT2D eigenvalue weighted by atomic mass is 10.1. The highest BCUT2D eigenvalue weighted by Crippen LogP contribution is 2.40. The van der Waals surface area contributed by atoms with Gasteiger partial charge in [-0.15, -0.1) is 0 Å². The zero-order valence-electron chi connectivity index (χ0n) is 12.3. The highest BCUT2D eigenvalue weighted by atomic mass is 16.6. The molecule has 0 aromatic heterocycles. The third-order valence-electron chi connectivity index (χ3n) is 3.60. The van der Waals surface area contributed by atoms with Gasteiger partial charge in [0, 0.05) is 18.7 Å². The number of methoxy groups -OCH3 is 1. The molecule has 6 nitrogen and oxygen atoms in total. The third-order valence-corrected chi connectivity index (χ3v) is 3.60. The molecule has 2 aliphatic heterocycles. The summed E-state index contributed by atoms with van der Waals surface area (Å²) < 4.78 is 21.9. The van der Waals surface area contributed by atoms with Crippen LogP contribution in [0.5, 0.6) is 17.2 Å². The Bertz CT molecular complexity index is 528. The minimum atomic E-state index is -0.0413. The fourth-order valence-corrected chi connectivity index (χ4v) is 2.58. The van der Waals surface area contributed by atoms with Crippen LogP contribution in [0.1, 0.15) is 17.3 Å². The maximum Gasteiger partial charge on any atom is 0.254 e. The first-order valence-corrected chi connectivity index (χ1v) is 7.07. The summed E-state index contributed by atoms with van der Waals surface area (Å²) in [4.78, 5) is 14.4. The molecule has 0 N–H and O–H groups in total. The van der Waals surface area contributed by atoms with E-state index in [-0.39, 0.29) is 12.0 Å². The fraction of sp³-hybridized carbons (Fsp3) is 0.533. The van der Waals surface area contributed by atoms with E-state index in [9.17, 15) is 4.79 Å². The van der Waals surface area contributed by atoms with Crippen LogP contribution >= 0.6 is 0 Å². The lowest BCUT2D eigenvalue weighted by molar-refractivity contribution is -0.0124. The van der Waals surface area contributed by atoms with Crippen LogP contribution in [0.4, 0.5) is 0 Å². The molecule has 1 amide bonds. The van der Waals surface area contributed by atoms with Gasteiger partial charge in [-0.3, -0.25) is 4.79 Å². The van der Waals surface area contributed by atoms with E-state index in [2.05, 4.69) is 0 Å². The second-order valence-corrected chi connectivity index (χ2v) is 5.14. The van der Waals surface area contributed by atoms with Gasteiger partial charge < -0.3 is 23.8 Å². The summed E-state index contributed by atoms with van der Waals surface area (Å²) in [6.45, 7) is 4.67. The van der Waals surface area contributed by atoms with Crippen LogP contribution in [0.15, 0.2) is 12.1 Å². The minimum Gasteiger partial charge on any atom is -0.493 e. The van der Waals surface area contributed by atoms with Crippen LogP contribution in [-0.2, 0) is 4.74 Å². The normalized spacial score (nSPS) is 21.0. The van der Waals surface area contributed by atoms with E-state index in [4.69, 9.17) is 18.9 Å². The molecular weight excluding hydrogens is 274 g/mol. The topological polar surface area (TPSA) is 57.2 Å². The van der Waals surface area contributed by atoms with Crippen molar-refractivity contribution in [1.82, 2.24) is 4.90 Å². The van der Waals surface area contributed by atoms with Gasteiger partial charge in [-0.05, 0) is 19.1 Å². The molecule has 0 spiro atoms. The third kappa shape index (κ3) is 2.76. The zero-order valence-corrected chi connectivity index (χ0v) is 12.3. The van der Waals surface area contributed by atoms with Crippen molar-refractivity contribution in [3.63, 3.8) is 0 Å². The predicted molar refractivity (Wildman–Crippen MR) is 75.3 cm³/mol. The van der Waals surface area contributed by atoms with Gasteiger partial charge in [0.15, 0.2) is 11.5 Å². The van der Waals surface area contributed by atoms with Crippen molar-refractivity contribution in [2.75, 3.05) is 40.0 Å². The van der Waals surface area contributed by atoms with Crippen LogP contribution in [0.2, 0.25) is 0 Å². The first-order chi connectivity index (χ1) is 10.2. The molecule has 0 bridgehead atoms. The number of carbonyl (C=O) groups is 1. The first kappa shape index (κ1) is 14.0. The van der Waals surface area contributed by atoms with E-state index in [1.54, 1.807) is 24.1 Å². The summed E-state index contributed by atoms with van der Waals surface area (Å²) in [5, 5.41) is 0. The van der Waals surface area contributed by atoms with E-state index in [0.29, 0.717) is 55.7 Å². The summed E-state index contributed by atoms with van der Waals surface area (Å²) in [6.07, 6.45) is 0.0572. The summed E-state index contributed by atoms with van der Waals surface area (Å²) in [5.74, 6) is 1.61. The average Bonchev–Trinajstić information content (AvgIpc) is 2.53. The highest BCUT2D eigenvalue weighted by Gasteiger charge is 2.26. The fourth-order valence-electron chi connectivity index (χ4n) is 2.58. The van der Waals surface area contributed by atoms with Crippen LogP contribution in [0, 0.1) is 0 Å². The molecule has 114 valence electrons. The zero-order chi connectivity index (χ0) is 14.8. The second kappa shape index (κ2) is 5.81.